The van der Waals surface area contributed by atoms with Gasteiger partial charge in [-0.3, -0.25) is 0 Å². The van der Waals surface area contributed by atoms with Crippen molar-refractivity contribution >= 4 is 11.3 Å². The maximum atomic E-state index is 11.8. The SMILES string of the molecule is FC(F)(F)COCCCn1nnc(-c2cccs2)n1. The molecule has 0 aliphatic carbocycles. The van der Waals surface area contributed by atoms with Crippen molar-refractivity contribution < 1.29 is 17.9 Å². The highest BCUT2D eigenvalue weighted by atomic mass is 32.1. The van der Waals surface area contributed by atoms with Crippen LogP contribution in [-0.4, -0.2) is 39.6 Å². The van der Waals surface area contributed by atoms with Gasteiger partial charge < -0.3 is 4.74 Å². The van der Waals surface area contributed by atoms with Crippen LogP contribution in [-0.2, 0) is 11.3 Å². The van der Waals surface area contributed by atoms with E-state index in [1.54, 1.807) is 0 Å². The summed E-state index contributed by atoms with van der Waals surface area (Å²) >= 11 is 1.50. The molecule has 9 heteroatoms. The topological polar surface area (TPSA) is 52.8 Å². The minimum Gasteiger partial charge on any atom is -0.372 e. The van der Waals surface area contributed by atoms with Crippen LogP contribution in [0, 0.1) is 0 Å². The smallest absolute Gasteiger partial charge is 0.372 e. The molecule has 0 N–H and O–H groups in total. The van der Waals surface area contributed by atoms with E-state index in [9.17, 15) is 13.2 Å². The second kappa shape index (κ2) is 6.11. The number of thiophene rings is 1. The minimum atomic E-state index is -4.28. The highest BCUT2D eigenvalue weighted by Crippen LogP contribution is 2.19. The Labute approximate surface area is 111 Å². The molecule has 19 heavy (non-hydrogen) atoms. The Kier molecular flexibility index (Phi) is 4.48. The Morgan fingerprint density at radius 2 is 2.21 bits per heavy atom. The Bertz CT molecular complexity index is 497. The molecule has 0 atom stereocenters. The van der Waals surface area contributed by atoms with Crippen LogP contribution in [0.15, 0.2) is 17.5 Å². The van der Waals surface area contributed by atoms with E-state index >= 15 is 0 Å². The third kappa shape index (κ3) is 4.60. The molecule has 0 unspecified atom stereocenters. The van der Waals surface area contributed by atoms with Gasteiger partial charge in [-0.2, -0.15) is 18.0 Å². The van der Waals surface area contributed by atoms with Gasteiger partial charge >= 0.3 is 6.18 Å². The van der Waals surface area contributed by atoms with Gasteiger partial charge in [-0.1, -0.05) is 6.07 Å². The molecule has 0 fully saturated rings. The summed E-state index contributed by atoms with van der Waals surface area (Å²) in [5.74, 6) is 0.520. The van der Waals surface area contributed by atoms with Crippen molar-refractivity contribution in [3.63, 3.8) is 0 Å². The van der Waals surface area contributed by atoms with Crippen LogP contribution < -0.4 is 0 Å². The maximum Gasteiger partial charge on any atom is 0.411 e. The molecule has 0 aliphatic heterocycles. The van der Waals surface area contributed by atoms with Gasteiger partial charge in [-0.05, 0) is 23.1 Å². The van der Waals surface area contributed by atoms with Gasteiger partial charge in [-0.15, -0.1) is 21.5 Å². The lowest BCUT2D eigenvalue weighted by Crippen LogP contribution is -2.18. The Morgan fingerprint density at radius 3 is 2.89 bits per heavy atom. The third-order valence-electron chi connectivity index (χ3n) is 2.11. The van der Waals surface area contributed by atoms with Crippen LogP contribution in [0.1, 0.15) is 6.42 Å². The molecule has 0 saturated carbocycles. The van der Waals surface area contributed by atoms with E-state index in [0.717, 1.165) is 4.88 Å². The van der Waals surface area contributed by atoms with Gasteiger partial charge in [0.05, 0.1) is 11.4 Å². The molecule has 0 aliphatic rings. The minimum absolute atomic E-state index is 0.00931. The molecule has 2 aromatic heterocycles. The average molecular weight is 292 g/mol. The van der Waals surface area contributed by atoms with E-state index in [0.29, 0.717) is 18.8 Å². The largest absolute Gasteiger partial charge is 0.411 e. The lowest BCUT2D eigenvalue weighted by molar-refractivity contribution is -0.174. The fourth-order valence-electron chi connectivity index (χ4n) is 1.34. The van der Waals surface area contributed by atoms with Crippen molar-refractivity contribution in [2.75, 3.05) is 13.2 Å². The molecule has 0 amide bonds. The van der Waals surface area contributed by atoms with E-state index < -0.39 is 12.8 Å². The summed E-state index contributed by atoms with van der Waals surface area (Å²) in [7, 11) is 0. The summed E-state index contributed by atoms with van der Waals surface area (Å²) in [5.41, 5.74) is 0. The normalized spacial score (nSPS) is 11.9. The zero-order chi connectivity index (χ0) is 13.7. The molecular formula is C10H11F3N4OS. The number of alkyl halides is 3. The van der Waals surface area contributed by atoms with Crippen LogP contribution in [0.2, 0.25) is 0 Å². The molecule has 5 nitrogen and oxygen atoms in total. The fourth-order valence-corrected chi connectivity index (χ4v) is 1.99. The van der Waals surface area contributed by atoms with E-state index in [-0.39, 0.29) is 6.61 Å². The number of aromatic nitrogens is 4. The summed E-state index contributed by atoms with van der Waals surface area (Å²) < 4.78 is 39.9. The molecule has 2 aromatic rings. The van der Waals surface area contributed by atoms with Gasteiger partial charge in [0.2, 0.25) is 5.82 Å². The Hall–Kier alpha value is -1.48. The van der Waals surface area contributed by atoms with Crippen molar-refractivity contribution in [2.45, 2.75) is 19.1 Å². The van der Waals surface area contributed by atoms with Gasteiger partial charge in [0, 0.05) is 6.61 Å². The van der Waals surface area contributed by atoms with Crippen LogP contribution >= 0.6 is 11.3 Å². The molecule has 0 spiro atoms. The first-order valence-electron chi connectivity index (χ1n) is 5.51. The Morgan fingerprint density at radius 1 is 1.37 bits per heavy atom. The van der Waals surface area contributed by atoms with E-state index in [1.165, 1.54) is 16.1 Å². The second-order valence-corrected chi connectivity index (χ2v) is 4.66. The van der Waals surface area contributed by atoms with Crippen molar-refractivity contribution in [3.05, 3.63) is 17.5 Å². The van der Waals surface area contributed by atoms with Crippen LogP contribution in [0.25, 0.3) is 10.7 Å². The summed E-state index contributed by atoms with van der Waals surface area (Å²) in [5, 5.41) is 13.7. The highest BCUT2D eigenvalue weighted by molar-refractivity contribution is 7.13. The van der Waals surface area contributed by atoms with Gasteiger partial charge in [0.15, 0.2) is 0 Å². The molecule has 2 rings (SSSR count). The molecule has 104 valence electrons. The lowest BCUT2D eigenvalue weighted by atomic mass is 10.4. The number of tetrazole rings is 1. The van der Waals surface area contributed by atoms with Crippen molar-refractivity contribution in [3.8, 4) is 10.7 Å². The first-order valence-corrected chi connectivity index (χ1v) is 6.39. The molecule has 0 radical (unpaired) electrons. The molecular weight excluding hydrogens is 281 g/mol. The van der Waals surface area contributed by atoms with Crippen LogP contribution in [0.4, 0.5) is 13.2 Å². The number of hydrogen-bond acceptors (Lipinski definition) is 5. The van der Waals surface area contributed by atoms with E-state index in [4.69, 9.17) is 0 Å². The average Bonchev–Trinajstić information content (AvgIpc) is 2.97. The van der Waals surface area contributed by atoms with E-state index in [1.807, 2.05) is 17.5 Å². The number of nitrogens with zero attached hydrogens (tertiary/aromatic N) is 4. The number of hydrogen-bond donors (Lipinski definition) is 0. The number of halogens is 3. The fraction of sp³-hybridized carbons (Fsp3) is 0.500. The van der Waals surface area contributed by atoms with Crippen LogP contribution in [0.5, 0.6) is 0 Å². The standard InChI is InChI=1S/C10H11F3N4OS/c11-10(12,13)7-18-5-2-4-17-15-9(14-16-17)8-3-1-6-19-8/h1,3,6H,2,4-5,7H2. The summed E-state index contributed by atoms with van der Waals surface area (Å²) in [6.07, 6.45) is -3.88. The quantitative estimate of drug-likeness (QED) is 0.767. The zero-order valence-electron chi connectivity index (χ0n) is 9.80. The first kappa shape index (κ1) is 13.9. The predicted octanol–water partition coefficient (Wildman–Crippen LogP) is 2.37. The Balaban J connectivity index is 1.72. The number of rotatable bonds is 6. The molecule has 0 saturated heterocycles. The van der Waals surface area contributed by atoms with Crippen molar-refractivity contribution in [2.24, 2.45) is 0 Å². The number of aryl methyl sites for hydroxylation is 1. The lowest BCUT2D eigenvalue weighted by Gasteiger charge is -2.06. The third-order valence-corrected chi connectivity index (χ3v) is 2.97. The van der Waals surface area contributed by atoms with Crippen LogP contribution in [0.3, 0.4) is 0 Å². The number of ether oxygens (including phenoxy) is 1. The van der Waals surface area contributed by atoms with Gasteiger partial charge in [0.1, 0.15) is 6.61 Å². The molecule has 0 bridgehead atoms. The van der Waals surface area contributed by atoms with E-state index in [2.05, 4.69) is 20.1 Å². The van der Waals surface area contributed by atoms with Crippen molar-refractivity contribution in [1.82, 2.24) is 20.2 Å². The summed E-state index contributed by atoms with van der Waals surface area (Å²) in [4.78, 5) is 2.26. The first-order chi connectivity index (χ1) is 9.04. The van der Waals surface area contributed by atoms with Gasteiger partial charge in [-0.25, -0.2) is 0 Å². The van der Waals surface area contributed by atoms with Crippen molar-refractivity contribution in [1.29, 1.82) is 0 Å². The maximum absolute atomic E-state index is 11.8. The monoisotopic (exact) mass is 292 g/mol. The second-order valence-electron chi connectivity index (χ2n) is 3.71. The predicted molar refractivity (Wildman–Crippen MR) is 62.6 cm³/mol. The highest BCUT2D eigenvalue weighted by Gasteiger charge is 2.27. The molecule has 0 aromatic carbocycles. The summed E-state index contributed by atoms with van der Waals surface area (Å²) in [6, 6.07) is 3.75. The van der Waals surface area contributed by atoms with Gasteiger partial charge in [0.25, 0.3) is 0 Å². The summed E-state index contributed by atoms with van der Waals surface area (Å²) in [6.45, 7) is -0.843. The zero-order valence-corrected chi connectivity index (χ0v) is 10.6. The molecule has 2 heterocycles.